The van der Waals surface area contributed by atoms with Crippen LogP contribution in [0.25, 0.3) is 0 Å². The van der Waals surface area contributed by atoms with Crippen LogP contribution in [0.1, 0.15) is 5.56 Å². The highest BCUT2D eigenvalue weighted by Gasteiger charge is 2.09. The van der Waals surface area contributed by atoms with Gasteiger partial charge < -0.3 is 19.9 Å². The molecule has 1 aromatic heterocycles. The van der Waals surface area contributed by atoms with Gasteiger partial charge in [-0.2, -0.15) is 0 Å². The zero-order chi connectivity index (χ0) is 15.1. The van der Waals surface area contributed by atoms with E-state index in [0.29, 0.717) is 22.9 Å². The van der Waals surface area contributed by atoms with Crippen LogP contribution in [0.15, 0.2) is 42.6 Å². The summed E-state index contributed by atoms with van der Waals surface area (Å²) in [5, 5.41) is 0. The van der Waals surface area contributed by atoms with Crippen LogP contribution in [0.3, 0.4) is 0 Å². The molecule has 0 fully saturated rings. The molecule has 0 aliphatic heterocycles. The minimum atomic E-state index is -0.496. The number of nitrogens with zero attached hydrogens (tertiary/aromatic N) is 1. The summed E-state index contributed by atoms with van der Waals surface area (Å²) in [4.78, 5) is 15.7. The second-order valence-electron chi connectivity index (χ2n) is 4.16. The lowest BCUT2D eigenvalue weighted by atomic mass is 10.3. The average Bonchev–Trinajstić information content (AvgIpc) is 2.52. The molecule has 0 spiro atoms. The van der Waals surface area contributed by atoms with Crippen molar-refractivity contribution in [2.45, 2.75) is 6.61 Å². The molecule has 0 amide bonds. The van der Waals surface area contributed by atoms with E-state index in [1.165, 1.54) is 7.11 Å². The molecule has 21 heavy (non-hydrogen) atoms. The number of esters is 1. The van der Waals surface area contributed by atoms with Crippen molar-refractivity contribution >= 4 is 11.7 Å². The number of pyridine rings is 1. The number of nitrogen functional groups attached to an aromatic ring is 1. The molecule has 1 heterocycles. The fraction of sp³-hybridized carbons (Fsp3) is 0.200. The van der Waals surface area contributed by atoms with E-state index in [1.807, 2.05) is 0 Å². The molecular formula is C15H16N2O4. The largest absolute Gasteiger partial charge is 0.481 e. The minimum absolute atomic E-state index is 0.0729. The number of hydrogen-bond donors (Lipinski definition) is 1. The Bertz CT molecular complexity index is 616. The van der Waals surface area contributed by atoms with Crippen molar-refractivity contribution in [3.8, 4) is 11.6 Å². The highest BCUT2D eigenvalue weighted by atomic mass is 16.6. The second kappa shape index (κ2) is 7.14. The van der Waals surface area contributed by atoms with Gasteiger partial charge in [0.15, 0.2) is 6.61 Å². The molecule has 2 aromatic rings. The summed E-state index contributed by atoms with van der Waals surface area (Å²) in [6, 6.07) is 10.5. The van der Waals surface area contributed by atoms with Gasteiger partial charge in [-0.25, -0.2) is 9.78 Å². The van der Waals surface area contributed by atoms with Crippen LogP contribution in [-0.4, -0.2) is 24.7 Å². The number of methoxy groups -OCH3 is 1. The lowest BCUT2D eigenvalue weighted by Crippen LogP contribution is -2.15. The Hall–Kier alpha value is -2.76. The van der Waals surface area contributed by atoms with Gasteiger partial charge in [-0.05, 0) is 24.3 Å². The monoisotopic (exact) mass is 288 g/mol. The summed E-state index contributed by atoms with van der Waals surface area (Å²) in [5.41, 5.74) is 6.87. The summed E-state index contributed by atoms with van der Waals surface area (Å²) in [5.74, 6) is 0.385. The van der Waals surface area contributed by atoms with Crippen LogP contribution in [-0.2, 0) is 16.1 Å². The highest BCUT2D eigenvalue weighted by molar-refractivity contribution is 5.71. The molecule has 110 valence electrons. The number of anilines is 1. The van der Waals surface area contributed by atoms with E-state index in [9.17, 15) is 4.79 Å². The van der Waals surface area contributed by atoms with E-state index in [2.05, 4.69) is 4.98 Å². The molecule has 6 heteroatoms. The molecule has 0 unspecified atom stereocenters. The van der Waals surface area contributed by atoms with Gasteiger partial charge in [-0.1, -0.05) is 12.1 Å². The van der Waals surface area contributed by atoms with Gasteiger partial charge in [0.2, 0.25) is 5.88 Å². The number of carbonyl (C=O) groups excluding carboxylic acids is 1. The minimum Gasteiger partial charge on any atom is -0.481 e. The van der Waals surface area contributed by atoms with Crippen LogP contribution in [0.5, 0.6) is 11.6 Å². The fourth-order valence-corrected chi connectivity index (χ4v) is 1.67. The first-order chi connectivity index (χ1) is 10.2. The number of hydrogen-bond acceptors (Lipinski definition) is 6. The van der Waals surface area contributed by atoms with Gasteiger partial charge in [0.1, 0.15) is 12.4 Å². The molecule has 0 saturated carbocycles. The summed E-state index contributed by atoms with van der Waals surface area (Å²) in [6.07, 6.45) is 1.60. The van der Waals surface area contributed by atoms with Crippen LogP contribution in [0, 0.1) is 0 Å². The zero-order valence-corrected chi connectivity index (χ0v) is 11.6. The Labute approximate surface area is 122 Å². The maximum atomic E-state index is 11.7. The van der Waals surface area contributed by atoms with Crippen molar-refractivity contribution < 1.29 is 19.0 Å². The van der Waals surface area contributed by atoms with Crippen molar-refractivity contribution in [2.24, 2.45) is 0 Å². The predicted octanol–water partition coefficient (Wildman–Crippen LogP) is 1.79. The Balaban J connectivity index is 1.84. The molecule has 0 aliphatic carbocycles. The van der Waals surface area contributed by atoms with E-state index >= 15 is 0 Å². The van der Waals surface area contributed by atoms with Crippen molar-refractivity contribution in [3.63, 3.8) is 0 Å². The van der Waals surface area contributed by atoms with Gasteiger partial charge in [-0.3, -0.25) is 0 Å². The maximum Gasteiger partial charge on any atom is 0.344 e. The first-order valence-corrected chi connectivity index (χ1v) is 6.31. The molecule has 0 bridgehead atoms. The lowest BCUT2D eigenvalue weighted by Gasteiger charge is -2.10. The SMILES string of the molecule is COc1ncccc1COC(=O)COc1ccccc1N. The third-order valence-electron chi connectivity index (χ3n) is 2.70. The number of carbonyl (C=O) groups is 1. The van der Waals surface area contributed by atoms with Crippen molar-refractivity contribution in [3.05, 3.63) is 48.2 Å². The Kier molecular flexibility index (Phi) is 4.98. The molecular weight excluding hydrogens is 272 g/mol. The number of benzene rings is 1. The highest BCUT2D eigenvalue weighted by Crippen LogP contribution is 2.19. The quantitative estimate of drug-likeness (QED) is 0.644. The van der Waals surface area contributed by atoms with E-state index in [1.54, 1.807) is 42.6 Å². The molecule has 0 aliphatic rings. The molecule has 2 rings (SSSR count). The van der Waals surface area contributed by atoms with E-state index in [4.69, 9.17) is 19.9 Å². The number of nitrogens with two attached hydrogens (primary N) is 1. The molecule has 0 radical (unpaired) electrons. The van der Waals surface area contributed by atoms with Crippen LogP contribution < -0.4 is 15.2 Å². The smallest absolute Gasteiger partial charge is 0.344 e. The normalized spacial score (nSPS) is 9.95. The summed E-state index contributed by atoms with van der Waals surface area (Å²) < 4.78 is 15.5. The summed E-state index contributed by atoms with van der Waals surface area (Å²) in [7, 11) is 1.51. The second-order valence-corrected chi connectivity index (χ2v) is 4.16. The first-order valence-electron chi connectivity index (χ1n) is 6.31. The van der Waals surface area contributed by atoms with Crippen LogP contribution in [0.4, 0.5) is 5.69 Å². The van der Waals surface area contributed by atoms with Crippen LogP contribution >= 0.6 is 0 Å². The van der Waals surface area contributed by atoms with Crippen molar-refractivity contribution in [2.75, 3.05) is 19.5 Å². The van der Waals surface area contributed by atoms with Gasteiger partial charge >= 0.3 is 5.97 Å². The lowest BCUT2D eigenvalue weighted by molar-refractivity contribution is -0.147. The van der Waals surface area contributed by atoms with E-state index in [0.717, 1.165) is 0 Å². The summed E-state index contributed by atoms with van der Waals surface area (Å²) in [6.45, 7) is -0.139. The maximum absolute atomic E-state index is 11.7. The summed E-state index contributed by atoms with van der Waals surface area (Å²) >= 11 is 0. The Morgan fingerprint density at radius 1 is 1.24 bits per heavy atom. The fourth-order valence-electron chi connectivity index (χ4n) is 1.67. The van der Waals surface area contributed by atoms with Crippen LogP contribution in [0.2, 0.25) is 0 Å². The van der Waals surface area contributed by atoms with E-state index in [-0.39, 0.29) is 13.2 Å². The standard InChI is InChI=1S/C15H16N2O4/c1-19-15-11(5-4-8-17-15)9-21-14(18)10-20-13-7-3-2-6-12(13)16/h2-8H,9-10,16H2,1H3. The van der Waals surface area contributed by atoms with Crippen molar-refractivity contribution in [1.82, 2.24) is 4.98 Å². The van der Waals surface area contributed by atoms with Gasteiger partial charge in [-0.15, -0.1) is 0 Å². The van der Waals surface area contributed by atoms with E-state index < -0.39 is 5.97 Å². The first kappa shape index (κ1) is 14.6. The molecule has 6 nitrogen and oxygen atoms in total. The molecule has 0 atom stereocenters. The third kappa shape index (κ3) is 4.10. The topological polar surface area (TPSA) is 83.7 Å². The third-order valence-corrected chi connectivity index (χ3v) is 2.70. The van der Waals surface area contributed by atoms with Gasteiger partial charge in [0, 0.05) is 6.20 Å². The van der Waals surface area contributed by atoms with Crippen molar-refractivity contribution in [1.29, 1.82) is 0 Å². The number of aromatic nitrogens is 1. The number of rotatable bonds is 6. The number of para-hydroxylation sites is 2. The molecule has 1 aromatic carbocycles. The Morgan fingerprint density at radius 2 is 2.05 bits per heavy atom. The van der Waals surface area contributed by atoms with Gasteiger partial charge in [0.05, 0.1) is 18.4 Å². The Morgan fingerprint density at radius 3 is 2.81 bits per heavy atom. The van der Waals surface area contributed by atoms with Gasteiger partial charge in [0.25, 0.3) is 0 Å². The number of ether oxygens (including phenoxy) is 3. The molecule has 0 saturated heterocycles. The molecule has 2 N–H and O–H groups in total. The zero-order valence-electron chi connectivity index (χ0n) is 11.6. The average molecular weight is 288 g/mol. The predicted molar refractivity (Wildman–Crippen MR) is 76.9 cm³/mol.